The molecule has 0 unspecified atom stereocenters. The number of carbonyl (C=O) groups is 1. The lowest BCUT2D eigenvalue weighted by molar-refractivity contribution is 0.0934. The van der Waals surface area contributed by atoms with E-state index in [0.29, 0.717) is 17.2 Å². The normalized spacial score (nSPS) is 14.7. The lowest BCUT2D eigenvalue weighted by Crippen LogP contribution is -2.27. The SMILES string of the molecule is Cc1nonc1CNC(=O)c1nnc2n1CCCCC2. The largest absolute Gasteiger partial charge is 0.343 e. The van der Waals surface area contributed by atoms with Gasteiger partial charge in [0.15, 0.2) is 0 Å². The predicted molar refractivity (Wildman–Crippen MR) is 67.8 cm³/mol. The van der Waals surface area contributed by atoms with Crippen LogP contribution in [0.25, 0.3) is 0 Å². The van der Waals surface area contributed by atoms with Gasteiger partial charge in [-0.15, -0.1) is 10.2 Å². The zero-order valence-electron chi connectivity index (χ0n) is 11.3. The maximum Gasteiger partial charge on any atom is 0.289 e. The molecule has 0 spiro atoms. The van der Waals surface area contributed by atoms with E-state index in [1.54, 1.807) is 6.92 Å². The molecule has 0 aliphatic carbocycles. The van der Waals surface area contributed by atoms with Crippen molar-refractivity contribution in [2.75, 3.05) is 0 Å². The van der Waals surface area contributed by atoms with Gasteiger partial charge in [0.25, 0.3) is 5.91 Å². The Morgan fingerprint density at radius 3 is 3.00 bits per heavy atom. The Balaban J connectivity index is 1.71. The minimum Gasteiger partial charge on any atom is -0.343 e. The molecule has 0 radical (unpaired) electrons. The van der Waals surface area contributed by atoms with Crippen molar-refractivity contribution in [3.05, 3.63) is 23.0 Å². The average Bonchev–Trinajstić information content (AvgIpc) is 2.96. The summed E-state index contributed by atoms with van der Waals surface area (Å²) in [6.45, 7) is 2.85. The van der Waals surface area contributed by atoms with Gasteiger partial charge in [-0.3, -0.25) is 4.79 Å². The molecule has 0 saturated heterocycles. The molecule has 0 saturated carbocycles. The molecule has 0 fully saturated rings. The molecule has 1 N–H and O–H groups in total. The molecule has 1 amide bonds. The van der Waals surface area contributed by atoms with E-state index < -0.39 is 0 Å². The molecular formula is C12H16N6O2. The van der Waals surface area contributed by atoms with Crippen LogP contribution in [0, 0.1) is 6.92 Å². The van der Waals surface area contributed by atoms with Gasteiger partial charge in [-0.2, -0.15) is 0 Å². The standard InChI is InChI=1S/C12H16N6O2/c1-8-9(17-20-16-8)7-13-12(19)11-15-14-10-5-3-2-4-6-18(10)11/h2-7H2,1H3,(H,13,19). The van der Waals surface area contributed by atoms with Crippen molar-refractivity contribution in [1.29, 1.82) is 0 Å². The van der Waals surface area contributed by atoms with Crippen LogP contribution in [0.5, 0.6) is 0 Å². The Morgan fingerprint density at radius 2 is 2.20 bits per heavy atom. The zero-order chi connectivity index (χ0) is 13.9. The first-order chi connectivity index (χ1) is 9.75. The molecule has 0 bridgehead atoms. The Bertz CT molecular complexity index is 617. The maximum atomic E-state index is 12.2. The van der Waals surface area contributed by atoms with Crippen LogP contribution < -0.4 is 5.32 Å². The second kappa shape index (κ2) is 5.40. The van der Waals surface area contributed by atoms with Crippen LogP contribution in [0.3, 0.4) is 0 Å². The number of fused-ring (bicyclic) bond motifs is 1. The molecule has 3 heterocycles. The first-order valence-corrected chi connectivity index (χ1v) is 6.74. The highest BCUT2D eigenvalue weighted by molar-refractivity contribution is 5.90. The summed E-state index contributed by atoms with van der Waals surface area (Å²) >= 11 is 0. The molecule has 8 heteroatoms. The molecule has 0 aromatic carbocycles. The van der Waals surface area contributed by atoms with E-state index in [9.17, 15) is 4.79 Å². The Kier molecular flexibility index (Phi) is 3.44. The second-order valence-corrected chi connectivity index (χ2v) is 4.88. The van der Waals surface area contributed by atoms with Gasteiger partial charge in [0.1, 0.15) is 17.2 Å². The van der Waals surface area contributed by atoms with Crippen LogP contribution in [-0.4, -0.2) is 31.0 Å². The number of hydrogen-bond acceptors (Lipinski definition) is 6. The van der Waals surface area contributed by atoms with Crippen LogP contribution in [0.1, 0.15) is 47.1 Å². The molecule has 2 aromatic rings. The van der Waals surface area contributed by atoms with Crippen molar-refractivity contribution in [3.8, 4) is 0 Å². The number of carbonyl (C=O) groups excluding carboxylic acids is 1. The predicted octanol–water partition coefficient (Wildman–Crippen LogP) is 0.626. The molecular weight excluding hydrogens is 260 g/mol. The summed E-state index contributed by atoms with van der Waals surface area (Å²) in [5.74, 6) is 1.02. The van der Waals surface area contributed by atoms with Crippen molar-refractivity contribution in [2.45, 2.75) is 45.7 Å². The van der Waals surface area contributed by atoms with Gasteiger partial charge in [0.2, 0.25) is 5.82 Å². The summed E-state index contributed by atoms with van der Waals surface area (Å²) in [5, 5.41) is 18.3. The first kappa shape index (κ1) is 12.8. The van der Waals surface area contributed by atoms with E-state index in [1.807, 2.05) is 4.57 Å². The van der Waals surface area contributed by atoms with Gasteiger partial charge in [-0.1, -0.05) is 16.7 Å². The molecule has 106 valence electrons. The van der Waals surface area contributed by atoms with E-state index in [4.69, 9.17) is 0 Å². The summed E-state index contributed by atoms with van der Waals surface area (Å²) in [6.07, 6.45) is 4.20. The lowest BCUT2D eigenvalue weighted by atomic mass is 10.2. The van der Waals surface area contributed by atoms with Gasteiger partial charge >= 0.3 is 0 Å². The molecule has 3 rings (SSSR count). The highest BCUT2D eigenvalue weighted by atomic mass is 16.6. The van der Waals surface area contributed by atoms with Crippen LogP contribution in [0.4, 0.5) is 0 Å². The minimum absolute atomic E-state index is 0.243. The van der Waals surface area contributed by atoms with Crippen molar-refractivity contribution in [3.63, 3.8) is 0 Å². The minimum atomic E-state index is -0.243. The van der Waals surface area contributed by atoms with E-state index in [0.717, 1.165) is 38.1 Å². The van der Waals surface area contributed by atoms with Crippen LogP contribution in [0.2, 0.25) is 0 Å². The van der Waals surface area contributed by atoms with Gasteiger partial charge in [0, 0.05) is 13.0 Å². The van der Waals surface area contributed by atoms with E-state index in [2.05, 4.69) is 30.5 Å². The molecule has 0 atom stereocenters. The smallest absolute Gasteiger partial charge is 0.289 e. The molecule has 1 aliphatic heterocycles. The fourth-order valence-corrected chi connectivity index (χ4v) is 2.31. The van der Waals surface area contributed by atoms with E-state index in [1.165, 1.54) is 0 Å². The van der Waals surface area contributed by atoms with Crippen molar-refractivity contribution in [1.82, 2.24) is 30.4 Å². The number of aryl methyl sites for hydroxylation is 2. The number of amides is 1. The highest BCUT2D eigenvalue weighted by Crippen LogP contribution is 2.14. The van der Waals surface area contributed by atoms with Crippen molar-refractivity contribution < 1.29 is 9.42 Å². The van der Waals surface area contributed by atoms with E-state index in [-0.39, 0.29) is 12.5 Å². The maximum absolute atomic E-state index is 12.2. The van der Waals surface area contributed by atoms with Crippen molar-refractivity contribution >= 4 is 5.91 Å². The lowest BCUT2D eigenvalue weighted by Gasteiger charge is -2.06. The number of aromatic nitrogens is 5. The third-order valence-electron chi connectivity index (χ3n) is 3.48. The second-order valence-electron chi connectivity index (χ2n) is 4.88. The average molecular weight is 276 g/mol. The fraction of sp³-hybridized carbons (Fsp3) is 0.583. The quantitative estimate of drug-likeness (QED) is 0.882. The molecule has 2 aromatic heterocycles. The Morgan fingerprint density at radius 1 is 1.30 bits per heavy atom. The van der Waals surface area contributed by atoms with Crippen LogP contribution >= 0.6 is 0 Å². The number of rotatable bonds is 3. The first-order valence-electron chi connectivity index (χ1n) is 6.74. The molecule has 20 heavy (non-hydrogen) atoms. The summed E-state index contributed by atoms with van der Waals surface area (Å²) < 4.78 is 6.50. The topological polar surface area (TPSA) is 98.7 Å². The number of nitrogens with zero attached hydrogens (tertiary/aromatic N) is 5. The molecule has 1 aliphatic rings. The van der Waals surface area contributed by atoms with Gasteiger partial charge < -0.3 is 9.88 Å². The van der Waals surface area contributed by atoms with Crippen molar-refractivity contribution in [2.24, 2.45) is 0 Å². The number of nitrogens with one attached hydrogen (secondary N) is 1. The summed E-state index contributed by atoms with van der Waals surface area (Å²) in [7, 11) is 0. The van der Waals surface area contributed by atoms with Gasteiger partial charge in [0.05, 0.1) is 6.54 Å². The van der Waals surface area contributed by atoms with Gasteiger partial charge in [-0.25, -0.2) is 4.63 Å². The number of hydrogen-bond donors (Lipinski definition) is 1. The van der Waals surface area contributed by atoms with Crippen LogP contribution in [-0.2, 0) is 19.5 Å². The van der Waals surface area contributed by atoms with Gasteiger partial charge in [-0.05, 0) is 19.8 Å². The monoisotopic (exact) mass is 276 g/mol. The summed E-state index contributed by atoms with van der Waals surface area (Å²) in [6, 6.07) is 0. The third-order valence-corrected chi connectivity index (χ3v) is 3.48. The van der Waals surface area contributed by atoms with E-state index >= 15 is 0 Å². The summed E-state index contributed by atoms with van der Waals surface area (Å²) in [5.41, 5.74) is 1.29. The Hall–Kier alpha value is -2.25. The molecule has 8 nitrogen and oxygen atoms in total. The third kappa shape index (κ3) is 2.40. The fourth-order valence-electron chi connectivity index (χ4n) is 2.31. The summed E-state index contributed by atoms with van der Waals surface area (Å²) in [4.78, 5) is 12.2. The highest BCUT2D eigenvalue weighted by Gasteiger charge is 2.20. The zero-order valence-corrected chi connectivity index (χ0v) is 11.3. The Labute approximate surface area is 115 Å². The van der Waals surface area contributed by atoms with Crippen LogP contribution in [0.15, 0.2) is 4.63 Å².